The fourth-order valence-corrected chi connectivity index (χ4v) is 4.44. The second-order valence-corrected chi connectivity index (χ2v) is 8.43. The molecule has 1 aromatic carbocycles. The van der Waals surface area contributed by atoms with E-state index in [0.29, 0.717) is 44.5 Å². The summed E-state index contributed by atoms with van der Waals surface area (Å²) in [7, 11) is 0. The minimum Gasteiger partial charge on any atom is -0.352 e. The van der Waals surface area contributed by atoms with Crippen LogP contribution < -0.4 is 5.32 Å². The number of carbonyl (C=O) groups is 2. The Morgan fingerprint density at radius 1 is 1.00 bits per heavy atom. The number of rotatable bonds is 7. The molecule has 3 heterocycles. The van der Waals surface area contributed by atoms with E-state index in [1.807, 2.05) is 29.3 Å². The van der Waals surface area contributed by atoms with Crippen molar-refractivity contribution < 1.29 is 9.59 Å². The number of aromatic nitrogens is 2. The van der Waals surface area contributed by atoms with Gasteiger partial charge in [-0.15, -0.1) is 6.58 Å². The number of hydrogen-bond acceptors (Lipinski definition) is 4. The van der Waals surface area contributed by atoms with Gasteiger partial charge < -0.3 is 10.2 Å². The third kappa shape index (κ3) is 5.17. The topological polar surface area (TPSA) is 75.2 Å². The maximum absolute atomic E-state index is 13.3. The van der Waals surface area contributed by atoms with Gasteiger partial charge in [0, 0.05) is 50.0 Å². The predicted octanol–water partition coefficient (Wildman–Crippen LogP) is 3.91. The molecule has 0 atom stereocenters. The van der Waals surface area contributed by atoms with E-state index in [1.165, 1.54) is 0 Å². The zero-order valence-electron chi connectivity index (χ0n) is 18.6. The molecule has 0 spiro atoms. The summed E-state index contributed by atoms with van der Waals surface area (Å²) in [6.07, 6.45) is 10.4. The Labute approximate surface area is 194 Å². The molecule has 1 saturated heterocycles. The van der Waals surface area contributed by atoms with Crippen LogP contribution >= 0.6 is 0 Å². The molecule has 0 saturated carbocycles. The first-order valence-corrected chi connectivity index (χ1v) is 11.2. The first kappa shape index (κ1) is 22.4. The lowest BCUT2D eigenvalue weighted by Crippen LogP contribution is -2.51. The van der Waals surface area contributed by atoms with E-state index in [0.717, 1.165) is 16.7 Å². The van der Waals surface area contributed by atoms with Crippen LogP contribution in [0.4, 0.5) is 0 Å². The van der Waals surface area contributed by atoms with Crippen molar-refractivity contribution in [1.82, 2.24) is 20.2 Å². The van der Waals surface area contributed by atoms with Crippen molar-refractivity contribution >= 4 is 11.8 Å². The third-order valence-corrected chi connectivity index (χ3v) is 6.29. The number of amides is 2. The van der Waals surface area contributed by atoms with Gasteiger partial charge in [-0.1, -0.05) is 36.4 Å². The lowest BCUT2D eigenvalue weighted by molar-refractivity contribution is -0.133. The van der Waals surface area contributed by atoms with Gasteiger partial charge in [0.1, 0.15) is 0 Å². The van der Waals surface area contributed by atoms with Crippen molar-refractivity contribution in [3.63, 3.8) is 0 Å². The SMILES string of the molecule is C=CCNC(=O)C1(Cc2cccc(-c3cccnc3)c2)CCN(C(=O)c2ccncc2)CC1. The Morgan fingerprint density at radius 2 is 1.76 bits per heavy atom. The summed E-state index contributed by atoms with van der Waals surface area (Å²) in [5, 5.41) is 3.01. The number of hydrogen-bond donors (Lipinski definition) is 1. The molecule has 1 aliphatic rings. The molecule has 6 heteroatoms. The molecule has 33 heavy (non-hydrogen) atoms. The first-order valence-electron chi connectivity index (χ1n) is 11.2. The molecule has 0 aliphatic carbocycles. The lowest BCUT2D eigenvalue weighted by Gasteiger charge is -2.41. The fraction of sp³-hybridized carbons (Fsp3) is 0.259. The Balaban J connectivity index is 1.54. The summed E-state index contributed by atoms with van der Waals surface area (Å²) >= 11 is 0. The molecular formula is C27H28N4O2. The van der Waals surface area contributed by atoms with Gasteiger partial charge in [0.05, 0.1) is 5.41 Å². The predicted molar refractivity (Wildman–Crippen MR) is 128 cm³/mol. The second-order valence-electron chi connectivity index (χ2n) is 8.43. The molecule has 168 valence electrons. The summed E-state index contributed by atoms with van der Waals surface area (Å²) in [4.78, 5) is 36.2. The van der Waals surface area contributed by atoms with Gasteiger partial charge >= 0.3 is 0 Å². The van der Waals surface area contributed by atoms with E-state index in [2.05, 4.69) is 40.1 Å². The molecule has 6 nitrogen and oxygen atoms in total. The summed E-state index contributed by atoms with van der Waals surface area (Å²) in [5.74, 6) is 0.00117. The highest BCUT2D eigenvalue weighted by Gasteiger charge is 2.42. The standard InChI is InChI=1S/C27H28N4O2/c1-2-12-30-26(33)27(10-16-31(17-11-27)25(32)22-8-14-28-15-9-22)19-21-5-3-6-23(18-21)24-7-4-13-29-20-24/h2-9,13-15,18,20H,1,10-12,16-17,19H2,(H,30,33). The molecule has 0 unspecified atom stereocenters. The smallest absolute Gasteiger partial charge is 0.253 e. The number of nitrogens with one attached hydrogen (secondary N) is 1. The Bertz CT molecular complexity index is 1110. The van der Waals surface area contributed by atoms with Gasteiger partial charge in [-0.05, 0) is 54.2 Å². The van der Waals surface area contributed by atoms with Crippen molar-refractivity contribution in [2.45, 2.75) is 19.3 Å². The minimum absolute atomic E-state index is 0.0175. The monoisotopic (exact) mass is 440 g/mol. The minimum atomic E-state index is -0.578. The maximum Gasteiger partial charge on any atom is 0.253 e. The van der Waals surface area contributed by atoms with E-state index < -0.39 is 5.41 Å². The van der Waals surface area contributed by atoms with Crippen molar-refractivity contribution in [1.29, 1.82) is 0 Å². The number of benzene rings is 1. The zero-order valence-corrected chi connectivity index (χ0v) is 18.6. The number of nitrogens with zero attached hydrogens (tertiary/aromatic N) is 3. The number of likely N-dealkylation sites (tertiary alicyclic amines) is 1. The van der Waals surface area contributed by atoms with Crippen LogP contribution in [0.5, 0.6) is 0 Å². The third-order valence-electron chi connectivity index (χ3n) is 6.29. The second kappa shape index (κ2) is 10.2. The maximum atomic E-state index is 13.3. The molecular weight excluding hydrogens is 412 g/mol. The zero-order chi connectivity index (χ0) is 23.1. The summed E-state index contributed by atoms with van der Waals surface area (Å²) in [6.45, 7) is 5.21. The normalized spacial score (nSPS) is 15.0. The van der Waals surface area contributed by atoms with E-state index in [9.17, 15) is 9.59 Å². The highest BCUT2D eigenvalue weighted by molar-refractivity contribution is 5.94. The van der Waals surface area contributed by atoms with Crippen LogP contribution in [0.15, 0.2) is 86.0 Å². The quantitative estimate of drug-likeness (QED) is 0.565. The summed E-state index contributed by atoms with van der Waals surface area (Å²) in [5.41, 5.74) is 3.26. The molecule has 4 rings (SSSR count). The number of pyridine rings is 2. The molecule has 0 bridgehead atoms. The van der Waals surface area contributed by atoms with Crippen LogP contribution in [0, 0.1) is 5.41 Å². The van der Waals surface area contributed by atoms with Gasteiger partial charge in [-0.25, -0.2) is 0 Å². The van der Waals surface area contributed by atoms with Crippen LogP contribution in [0.3, 0.4) is 0 Å². The van der Waals surface area contributed by atoms with Crippen molar-refractivity contribution in [2.24, 2.45) is 5.41 Å². The van der Waals surface area contributed by atoms with Gasteiger partial charge in [0.2, 0.25) is 5.91 Å². The van der Waals surface area contributed by atoms with Crippen molar-refractivity contribution in [3.05, 3.63) is 97.1 Å². The first-order chi connectivity index (χ1) is 16.1. The molecule has 2 amide bonds. The van der Waals surface area contributed by atoms with Crippen LogP contribution in [0.1, 0.15) is 28.8 Å². The molecule has 1 N–H and O–H groups in total. The van der Waals surface area contributed by atoms with Crippen LogP contribution in [-0.4, -0.2) is 46.3 Å². The van der Waals surface area contributed by atoms with Crippen LogP contribution in [-0.2, 0) is 11.2 Å². The van der Waals surface area contributed by atoms with Gasteiger partial charge in [-0.2, -0.15) is 0 Å². The van der Waals surface area contributed by atoms with E-state index >= 15 is 0 Å². The van der Waals surface area contributed by atoms with Crippen molar-refractivity contribution in [3.8, 4) is 11.1 Å². The largest absolute Gasteiger partial charge is 0.352 e. The van der Waals surface area contributed by atoms with E-state index in [4.69, 9.17) is 0 Å². The Hall–Kier alpha value is -3.80. The van der Waals surface area contributed by atoms with Crippen molar-refractivity contribution in [2.75, 3.05) is 19.6 Å². The fourth-order valence-electron chi connectivity index (χ4n) is 4.44. The number of carbonyl (C=O) groups excluding carboxylic acids is 2. The molecule has 1 aliphatic heterocycles. The van der Waals surface area contributed by atoms with E-state index in [-0.39, 0.29) is 11.8 Å². The highest BCUT2D eigenvalue weighted by Crippen LogP contribution is 2.37. The average molecular weight is 441 g/mol. The van der Waals surface area contributed by atoms with E-state index in [1.54, 1.807) is 36.8 Å². The molecule has 2 aromatic heterocycles. The van der Waals surface area contributed by atoms with Gasteiger partial charge in [0.15, 0.2) is 0 Å². The molecule has 1 fully saturated rings. The van der Waals surface area contributed by atoms with Gasteiger partial charge in [-0.3, -0.25) is 19.6 Å². The Morgan fingerprint density at radius 3 is 2.45 bits per heavy atom. The highest BCUT2D eigenvalue weighted by atomic mass is 16.2. The lowest BCUT2D eigenvalue weighted by atomic mass is 9.72. The molecule has 3 aromatic rings. The average Bonchev–Trinajstić information content (AvgIpc) is 2.88. The van der Waals surface area contributed by atoms with Gasteiger partial charge in [0.25, 0.3) is 5.91 Å². The summed E-state index contributed by atoms with van der Waals surface area (Å²) < 4.78 is 0. The summed E-state index contributed by atoms with van der Waals surface area (Å²) in [6, 6.07) is 15.7. The van der Waals surface area contributed by atoms with Crippen LogP contribution in [0.25, 0.3) is 11.1 Å². The number of piperidine rings is 1. The van der Waals surface area contributed by atoms with Crippen LogP contribution in [0.2, 0.25) is 0 Å². The molecule has 0 radical (unpaired) electrons. The Kier molecular flexibility index (Phi) is 6.93.